The number of hydrogen-bond donors (Lipinski definition) is 2. The van der Waals surface area contributed by atoms with E-state index in [2.05, 4.69) is 10.6 Å². The summed E-state index contributed by atoms with van der Waals surface area (Å²) in [5.74, 6) is -0.247. The molecule has 5 heteroatoms. The average molecular weight is 354 g/mol. The molecule has 2 N–H and O–H groups in total. The highest BCUT2D eigenvalue weighted by Crippen LogP contribution is 2.19. The van der Waals surface area contributed by atoms with Crippen LogP contribution in [0.2, 0.25) is 0 Å². The molecule has 0 bridgehead atoms. The van der Waals surface area contributed by atoms with Crippen LogP contribution >= 0.6 is 0 Å². The molecule has 0 spiro atoms. The second-order valence-corrected chi connectivity index (χ2v) is 6.50. The molecular formula is C21H26N2O3. The van der Waals surface area contributed by atoms with Gasteiger partial charge in [-0.25, -0.2) is 0 Å². The standard InChI is InChI=1S/C21H26N2O3/c1-15(2)19(14-26-3)23-20(24)13-22-21(25)18-11-9-17(10-12-18)16-7-5-4-6-8-16/h4-12,15,19H,13-14H2,1-3H3,(H,22,25)(H,23,24). The molecule has 0 aliphatic heterocycles. The van der Waals surface area contributed by atoms with Crippen molar-refractivity contribution in [2.45, 2.75) is 19.9 Å². The number of nitrogens with one attached hydrogen (secondary N) is 2. The van der Waals surface area contributed by atoms with Gasteiger partial charge in [-0.3, -0.25) is 9.59 Å². The normalized spacial score (nSPS) is 11.8. The molecule has 0 heterocycles. The molecule has 2 amide bonds. The molecular weight excluding hydrogens is 328 g/mol. The van der Waals surface area contributed by atoms with Gasteiger partial charge in [0.15, 0.2) is 0 Å². The van der Waals surface area contributed by atoms with Crippen LogP contribution in [0.1, 0.15) is 24.2 Å². The van der Waals surface area contributed by atoms with Crippen LogP contribution in [0.4, 0.5) is 0 Å². The predicted molar refractivity (Wildman–Crippen MR) is 103 cm³/mol. The van der Waals surface area contributed by atoms with Crippen LogP contribution in [-0.4, -0.2) is 38.1 Å². The van der Waals surface area contributed by atoms with Crippen molar-refractivity contribution in [2.24, 2.45) is 5.92 Å². The van der Waals surface area contributed by atoms with Crippen molar-refractivity contribution in [3.05, 3.63) is 60.2 Å². The smallest absolute Gasteiger partial charge is 0.251 e. The first-order chi connectivity index (χ1) is 12.5. The van der Waals surface area contributed by atoms with Crippen LogP contribution < -0.4 is 10.6 Å². The first-order valence-corrected chi connectivity index (χ1v) is 8.73. The Morgan fingerprint density at radius 2 is 1.58 bits per heavy atom. The van der Waals surface area contributed by atoms with Gasteiger partial charge < -0.3 is 15.4 Å². The molecule has 26 heavy (non-hydrogen) atoms. The number of methoxy groups -OCH3 is 1. The molecule has 0 aliphatic carbocycles. The maximum Gasteiger partial charge on any atom is 0.251 e. The first kappa shape index (κ1) is 19.7. The van der Waals surface area contributed by atoms with Crippen LogP contribution in [0.5, 0.6) is 0 Å². The Bertz CT molecular complexity index is 712. The Morgan fingerprint density at radius 3 is 2.15 bits per heavy atom. The highest BCUT2D eigenvalue weighted by Gasteiger charge is 2.16. The molecule has 0 radical (unpaired) electrons. The van der Waals surface area contributed by atoms with Gasteiger partial charge in [-0.1, -0.05) is 56.3 Å². The van der Waals surface area contributed by atoms with E-state index < -0.39 is 0 Å². The molecule has 0 aliphatic rings. The van der Waals surface area contributed by atoms with E-state index in [1.54, 1.807) is 19.2 Å². The SMILES string of the molecule is COCC(NC(=O)CNC(=O)c1ccc(-c2ccccc2)cc1)C(C)C. The van der Waals surface area contributed by atoms with Crippen molar-refractivity contribution in [1.82, 2.24) is 10.6 Å². The molecule has 2 aromatic carbocycles. The van der Waals surface area contributed by atoms with E-state index in [0.717, 1.165) is 11.1 Å². The molecule has 0 aromatic heterocycles. The number of rotatable bonds is 8. The number of amides is 2. The highest BCUT2D eigenvalue weighted by molar-refractivity contribution is 5.96. The van der Waals surface area contributed by atoms with Crippen LogP contribution in [0, 0.1) is 5.92 Å². The molecule has 2 aromatic rings. The molecule has 5 nitrogen and oxygen atoms in total. The van der Waals surface area contributed by atoms with E-state index in [1.807, 2.05) is 56.3 Å². The molecule has 1 unspecified atom stereocenters. The highest BCUT2D eigenvalue weighted by atomic mass is 16.5. The largest absolute Gasteiger partial charge is 0.383 e. The summed E-state index contributed by atoms with van der Waals surface area (Å²) in [4.78, 5) is 24.3. The summed E-state index contributed by atoms with van der Waals surface area (Å²) in [6, 6.07) is 17.2. The average Bonchev–Trinajstić information content (AvgIpc) is 2.66. The number of benzene rings is 2. The Labute approximate surface area is 154 Å². The second-order valence-electron chi connectivity index (χ2n) is 6.50. The Balaban J connectivity index is 1.88. The fraction of sp³-hybridized carbons (Fsp3) is 0.333. The van der Waals surface area contributed by atoms with Crippen molar-refractivity contribution in [3.63, 3.8) is 0 Å². The van der Waals surface area contributed by atoms with Gasteiger partial charge in [0.25, 0.3) is 5.91 Å². The third-order valence-corrected chi connectivity index (χ3v) is 4.16. The fourth-order valence-corrected chi connectivity index (χ4v) is 2.55. The third-order valence-electron chi connectivity index (χ3n) is 4.16. The number of hydrogen-bond acceptors (Lipinski definition) is 3. The lowest BCUT2D eigenvalue weighted by molar-refractivity contribution is -0.121. The van der Waals surface area contributed by atoms with E-state index in [0.29, 0.717) is 12.2 Å². The lowest BCUT2D eigenvalue weighted by Crippen LogP contribution is -2.46. The molecule has 0 saturated heterocycles. The van der Waals surface area contributed by atoms with Crippen LogP contribution in [0.15, 0.2) is 54.6 Å². The fourth-order valence-electron chi connectivity index (χ4n) is 2.55. The minimum absolute atomic E-state index is 0.0633. The van der Waals surface area contributed by atoms with Crippen LogP contribution in [0.25, 0.3) is 11.1 Å². The zero-order valence-electron chi connectivity index (χ0n) is 15.5. The third kappa shape index (κ3) is 5.70. The van der Waals surface area contributed by atoms with Gasteiger partial charge in [0, 0.05) is 12.7 Å². The maximum atomic E-state index is 12.2. The van der Waals surface area contributed by atoms with Gasteiger partial charge in [0.1, 0.15) is 0 Å². The molecule has 0 fully saturated rings. The van der Waals surface area contributed by atoms with Crippen molar-refractivity contribution in [3.8, 4) is 11.1 Å². The van der Waals surface area contributed by atoms with E-state index in [4.69, 9.17) is 4.74 Å². The van der Waals surface area contributed by atoms with Gasteiger partial charge >= 0.3 is 0 Å². The van der Waals surface area contributed by atoms with Crippen molar-refractivity contribution in [2.75, 3.05) is 20.3 Å². The van der Waals surface area contributed by atoms with Crippen LogP contribution in [-0.2, 0) is 9.53 Å². The summed E-state index contributed by atoms with van der Waals surface area (Å²) in [7, 11) is 1.60. The lowest BCUT2D eigenvalue weighted by atomic mass is 10.0. The van der Waals surface area contributed by atoms with Gasteiger partial charge in [0.2, 0.25) is 5.91 Å². The van der Waals surface area contributed by atoms with Crippen molar-refractivity contribution in [1.29, 1.82) is 0 Å². The topological polar surface area (TPSA) is 67.4 Å². The van der Waals surface area contributed by atoms with Crippen molar-refractivity contribution >= 4 is 11.8 Å². The van der Waals surface area contributed by atoms with Crippen molar-refractivity contribution < 1.29 is 14.3 Å². The van der Waals surface area contributed by atoms with Gasteiger partial charge in [0.05, 0.1) is 19.2 Å². The summed E-state index contributed by atoms with van der Waals surface area (Å²) < 4.78 is 5.11. The molecule has 138 valence electrons. The quantitative estimate of drug-likeness (QED) is 0.766. The minimum Gasteiger partial charge on any atom is -0.383 e. The Morgan fingerprint density at radius 1 is 0.962 bits per heavy atom. The van der Waals surface area contributed by atoms with Gasteiger partial charge in [-0.05, 0) is 29.2 Å². The summed E-state index contributed by atoms with van der Waals surface area (Å²) in [5, 5.41) is 5.53. The Kier molecular flexibility index (Phi) is 7.36. The Hall–Kier alpha value is -2.66. The summed E-state index contributed by atoms with van der Waals surface area (Å²) in [6.07, 6.45) is 0. The van der Waals surface area contributed by atoms with E-state index in [9.17, 15) is 9.59 Å². The summed E-state index contributed by atoms with van der Waals surface area (Å²) >= 11 is 0. The predicted octanol–water partition coefficient (Wildman–Crippen LogP) is 2.87. The van der Waals surface area contributed by atoms with E-state index in [1.165, 1.54) is 0 Å². The zero-order chi connectivity index (χ0) is 18.9. The first-order valence-electron chi connectivity index (χ1n) is 8.73. The minimum atomic E-state index is -0.271. The summed E-state index contributed by atoms with van der Waals surface area (Å²) in [5.41, 5.74) is 2.66. The second kappa shape index (κ2) is 9.73. The zero-order valence-corrected chi connectivity index (χ0v) is 15.5. The molecule has 2 rings (SSSR count). The monoisotopic (exact) mass is 354 g/mol. The van der Waals surface area contributed by atoms with E-state index >= 15 is 0 Å². The maximum absolute atomic E-state index is 12.2. The van der Waals surface area contributed by atoms with Crippen LogP contribution in [0.3, 0.4) is 0 Å². The molecule has 1 atom stereocenters. The van der Waals surface area contributed by atoms with Gasteiger partial charge in [-0.15, -0.1) is 0 Å². The molecule has 0 saturated carbocycles. The van der Waals surface area contributed by atoms with E-state index in [-0.39, 0.29) is 30.3 Å². The summed E-state index contributed by atoms with van der Waals surface area (Å²) in [6.45, 7) is 4.40. The lowest BCUT2D eigenvalue weighted by Gasteiger charge is -2.21. The number of ether oxygens (including phenoxy) is 1. The number of carbonyl (C=O) groups excluding carboxylic acids is 2. The van der Waals surface area contributed by atoms with Gasteiger partial charge in [-0.2, -0.15) is 0 Å². The number of carbonyl (C=O) groups is 2.